The first-order valence-electron chi connectivity index (χ1n) is 9.59. The van der Waals surface area contributed by atoms with Crippen LogP contribution in [-0.2, 0) is 20.9 Å². The monoisotopic (exact) mass is 417 g/mol. The minimum absolute atomic E-state index is 0.102. The van der Waals surface area contributed by atoms with E-state index in [4.69, 9.17) is 4.74 Å². The third kappa shape index (κ3) is 4.40. The lowest BCUT2D eigenvalue weighted by molar-refractivity contribution is -0.143. The number of halogens is 3. The first-order chi connectivity index (χ1) is 14.2. The van der Waals surface area contributed by atoms with Crippen molar-refractivity contribution in [2.75, 3.05) is 0 Å². The second kappa shape index (κ2) is 8.73. The van der Waals surface area contributed by atoms with Crippen LogP contribution < -0.4 is 0 Å². The van der Waals surface area contributed by atoms with Crippen LogP contribution in [0, 0.1) is 17.5 Å². The highest BCUT2D eigenvalue weighted by Crippen LogP contribution is 2.39. The van der Waals surface area contributed by atoms with Crippen molar-refractivity contribution in [1.82, 2.24) is 4.90 Å². The number of hydrogen-bond donors (Lipinski definition) is 0. The molecule has 0 N–H and O–H groups in total. The Balaban J connectivity index is 2.07. The lowest BCUT2D eigenvalue weighted by Gasteiger charge is -2.35. The average molecular weight is 417 g/mol. The highest BCUT2D eigenvalue weighted by atomic mass is 19.1. The molecule has 0 aromatic heterocycles. The Labute approximate surface area is 173 Å². The Bertz CT molecular complexity index is 1020. The van der Waals surface area contributed by atoms with E-state index in [1.807, 2.05) is 0 Å². The molecule has 0 saturated heterocycles. The van der Waals surface area contributed by atoms with Crippen LogP contribution in [0.3, 0.4) is 0 Å². The van der Waals surface area contributed by atoms with E-state index in [0.717, 1.165) is 12.1 Å². The zero-order valence-electron chi connectivity index (χ0n) is 16.9. The lowest BCUT2D eigenvalue weighted by Crippen LogP contribution is -2.38. The molecule has 2 aromatic carbocycles. The molecule has 158 valence electrons. The lowest BCUT2D eigenvalue weighted by atomic mass is 9.83. The maximum absolute atomic E-state index is 14.5. The van der Waals surface area contributed by atoms with Gasteiger partial charge in [0.25, 0.3) is 0 Å². The van der Waals surface area contributed by atoms with Gasteiger partial charge < -0.3 is 9.64 Å². The van der Waals surface area contributed by atoms with E-state index in [1.165, 1.54) is 29.2 Å². The Hall–Kier alpha value is -3.09. The molecule has 7 heteroatoms. The number of esters is 1. The van der Waals surface area contributed by atoms with Gasteiger partial charge in [-0.25, -0.2) is 18.0 Å². The minimum atomic E-state index is -0.820. The van der Waals surface area contributed by atoms with Crippen LogP contribution in [0.1, 0.15) is 44.2 Å². The van der Waals surface area contributed by atoms with Gasteiger partial charge in [0.15, 0.2) is 0 Å². The summed E-state index contributed by atoms with van der Waals surface area (Å²) >= 11 is 0. The van der Waals surface area contributed by atoms with Gasteiger partial charge in [-0.3, -0.25) is 4.79 Å². The molecule has 4 nitrogen and oxygen atoms in total. The van der Waals surface area contributed by atoms with Crippen LogP contribution in [-0.4, -0.2) is 22.9 Å². The highest BCUT2D eigenvalue weighted by Gasteiger charge is 2.38. The summed E-state index contributed by atoms with van der Waals surface area (Å²) in [4.78, 5) is 27.0. The topological polar surface area (TPSA) is 46.6 Å². The van der Waals surface area contributed by atoms with Gasteiger partial charge in [-0.2, -0.15) is 0 Å². The molecule has 0 fully saturated rings. The molecule has 0 bridgehead atoms. The molecule has 0 aliphatic carbocycles. The van der Waals surface area contributed by atoms with Crippen molar-refractivity contribution in [2.45, 2.75) is 45.8 Å². The van der Waals surface area contributed by atoms with E-state index in [9.17, 15) is 22.8 Å². The molecular weight excluding hydrogens is 395 g/mol. The highest BCUT2D eigenvalue weighted by molar-refractivity contribution is 5.96. The number of hydrogen-bond acceptors (Lipinski definition) is 3. The summed E-state index contributed by atoms with van der Waals surface area (Å²) in [6.45, 7) is 4.74. The van der Waals surface area contributed by atoms with E-state index < -0.39 is 41.4 Å². The molecule has 1 aliphatic rings. The molecule has 1 amide bonds. The number of carbonyl (C=O) groups is 2. The molecule has 0 spiro atoms. The fraction of sp³-hybridized carbons (Fsp3) is 0.304. The van der Waals surface area contributed by atoms with Crippen molar-refractivity contribution in [3.8, 4) is 0 Å². The molecular formula is C23H22F3NO3. The van der Waals surface area contributed by atoms with Crippen molar-refractivity contribution in [3.63, 3.8) is 0 Å². The third-order valence-corrected chi connectivity index (χ3v) is 5.01. The zero-order valence-corrected chi connectivity index (χ0v) is 16.9. The second-order valence-corrected chi connectivity index (χ2v) is 7.45. The summed E-state index contributed by atoms with van der Waals surface area (Å²) in [5, 5.41) is 0. The zero-order chi connectivity index (χ0) is 22.0. The average Bonchev–Trinajstić information content (AvgIpc) is 2.66. The summed E-state index contributed by atoms with van der Waals surface area (Å²) in [5.74, 6) is -3.93. The van der Waals surface area contributed by atoms with Gasteiger partial charge in [-0.05, 0) is 38.5 Å². The number of benzene rings is 2. The Kier molecular flexibility index (Phi) is 6.29. The van der Waals surface area contributed by atoms with Crippen LogP contribution in [0.25, 0.3) is 0 Å². The van der Waals surface area contributed by atoms with Crippen LogP contribution >= 0.6 is 0 Å². The van der Waals surface area contributed by atoms with Gasteiger partial charge in [-0.1, -0.05) is 24.3 Å². The molecule has 2 aromatic rings. The molecule has 1 aliphatic heterocycles. The maximum Gasteiger partial charge on any atom is 0.336 e. The van der Waals surface area contributed by atoms with Gasteiger partial charge >= 0.3 is 5.97 Å². The standard InChI is InChI=1S/C23H22F3NO3/c1-13(2)30-23(29)22-14(3)27(12-15-8-9-16(24)10-20(15)26)21(28)11-18(22)17-6-4-5-7-19(17)25/h4-10,13,18H,11-12H2,1-3H3. The minimum Gasteiger partial charge on any atom is -0.460 e. The van der Waals surface area contributed by atoms with E-state index in [-0.39, 0.29) is 35.4 Å². The maximum atomic E-state index is 14.5. The van der Waals surface area contributed by atoms with Gasteiger partial charge in [0, 0.05) is 29.7 Å². The fourth-order valence-corrected chi connectivity index (χ4v) is 3.59. The quantitative estimate of drug-likeness (QED) is 0.654. The summed E-state index contributed by atoms with van der Waals surface area (Å²) in [7, 11) is 0. The van der Waals surface area contributed by atoms with E-state index in [1.54, 1.807) is 26.8 Å². The molecule has 0 radical (unpaired) electrons. The van der Waals surface area contributed by atoms with Gasteiger partial charge in [0.1, 0.15) is 17.5 Å². The number of ether oxygens (including phenoxy) is 1. The fourth-order valence-electron chi connectivity index (χ4n) is 3.59. The Morgan fingerprint density at radius 2 is 1.83 bits per heavy atom. The molecule has 1 atom stereocenters. The van der Waals surface area contributed by atoms with Crippen LogP contribution in [0.4, 0.5) is 13.2 Å². The van der Waals surface area contributed by atoms with Crippen molar-refractivity contribution in [1.29, 1.82) is 0 Å². The summed E-state index contributed by atoms with van der Waals surface area (Å²) in [5.41, 5.74) is 0.725. The molecule has 0 saturated carbocycles. The summed E-state index contributed by atoms with van der Waals surface area (Å²) in [6.07, 6.45) is -0.594. The first kappa shape index (κ1) is 21.6. The third-order valence-electron chi connectivity index (χ3n) is 5.01. The predicted molar refractivity (Wildman–Crippen MR) is 105 cm³/mol. The molecule has 30 heavy (non-hydrogen) atoms. The van der Waals surface area contributed by atoms with E-state index >= 15 is 0 Å². The number of allylic oxidation sites excluding steroid dienone is 1. The largest absolute Gasteiger partial charge is 0.460 e. The van der Waals surface area contributed by atoms with Crippen LogP contribution in [0.15, 0.2) is 53.7 Å². The Morgan fingerprint density at radius 3 is 2.47 bits per heavy atom. The molecule has 1 heterocycles. The predicted octanol–water partition coefficient (Wildman–Crippen LogP) is 4.85. The SMILES string of the molecule is CC1=C(C(=O)OC(C)C)C(c2ccccc2F)CC(=O)N1Cc1ccc(F)cc1F. The Morgan fingerprint density at radius 1 is 1.13 bits per heavy atom. The summed E-state index contributed by atoms with van der Waals surface area (Å²) < 4.78 is 47.2. The molecule has 3 rings (SSSR count). The van der Waals surface area contributed by atoms with Gasteiger partial charge in [-0.15, -0.1) is 0 Å². The summed E-state index contributed by atoms with van der Waals surface area (Å²) in [6, 6.07) is 9.03. The first-order valence-corrected chi connectivity index (χ1v) is 9.59. The number of amides is 1. The van der Waals surface area contributed by atoms with Crippen LogP contribution in [0.2, 0.25) is 0 Å². The number of carbonyl (C=O) groups excluding carboxylic acids is 2. The number of nitrogens with zero attached hydrogens (tertiary/aromatic N) is 1. The van der Waals surface area contributed by atoms with Gasteiger partial charge in [0.05, 0.1) is 18.2 Å². The smallest absolute Gasteiger partial charge is 0.336 e. The van der Waals surface area contributed by atoms with E-state index in [2.05, 4.69) is 0 Å². The van der Waals surface area contributed by atoms with Crippen molar-refractivity contribution in [3.05, 3.63) is 82.3 Å². The van der Waals surface area contributed by atoms with Crippen LogP contribution in [0.5, 0.6) is 0 Å². The van der Waals surface area contributed by atoms with Crippen molar-refractivity contribution in [2.24, 2.45) is 0 Å². The van der Waals surface area contributed by atoms with E-state index in [0.29, 0.717) is 0 Å². The number of rotatable bonds is 5. The van der Waals surface area contributed by atoms with Crippen molar-refractivity contribution >= 4 is 11.9 Å². The van der Waals surface area contributed by atoms with Gasteiger partial charge in [0.2, 0.25) is 5.91 Å². The second-order valence-electron chi connectivity index (χ2n) is 7.45. The van der Waals surface area contributed by atoms with Crippen molar-refractivity contribution < 1.29 is 27.5 Å². The normalized spacial score (nSPS) is 17.0. The molecule has 1 unspecified atom stereocenters.